The van der Waals surface area contributed by atoms with E-state index in [2.05, 4.69) is 0 Å². The summed E-state index contributed by atoms with van der Waals surface area (Å²) in [5.41, 5.74) is 1.12. The molecule has 2 atom stereocenters. The van der Waals surface area contributed by atoms with Gasteiger partial charge in [0.2, 0.25) is 8.03 Å². The highest BCUT2D eigenvalue weighted by Crippen LogP contribution is 2.48. The molecule has 0 unspecified atom stereocenters. The Labute approximate surface area is 113 Å². The lowest BCUT2D eigenvalue weighted by molar-refractivity contribution is 0.345. The fourth-order valence-corrected chi connectivity index (χ4v) is 3.46. The highest BCUT2D eigenvalue weighted by atomic mass is 31.1. The second kappa shape index (κ2) is 6.55. The summed E-state index contributed by atoms with van der Waals surface area (Å²) in [4.78, 5) is 0. The Morgan fingerprint density at radius 2 is 1.74 bits per heavy atom. The molecule has 4 heteroatoms. The summed E-state index contributed by atoms with van der Waals surface area (Å²) in [5, 5.41) is 9.98. The van der Waals surface area contributed by atoms with Gasteiger partial charge in [-0.3, -0.25) is 4.57 Å². The molecule has 0 aromatic heterocycles. The number of phenols is 1. The first-order valence-electron chi connectivity index (χ1n) is 6.23. The van der Waals surface area contributed by atoms with E-state index in [1.807, 2.05) is 43.3 Å². The zero-order valence-electron chi connectivity index (χ0n) is 10.7. The van der Waals surface area contributed by atoms with Crippen molar-refractivity contribution in [3.8, 4) is 5.75 Å². The van der Waals surface area contributed by atoms with Crippen LogP contribution >= 0.6 is 8.03 Å². The van der Waals surface area contributed by atoms with Crippen LogP contribution in [0.5, 0.6) is 5.75 Å². The van der Waals surface area contributed by atoms with Crippen molar-refractivity contribution in [2.75, 3.05) is 6.61 Å². The molecule has 0 aliphatic carbocycles. The van der Waals surface area contributed by atoms with Gasteiger partial charge in [0.05, 0.1) is 12.3 Å². The minimum Gasteiger partial charge on any atom is -0.508 e. The average molecular weight is 276 g/mol. The Morgan fingerprint density at radius 3 is 2.37 bits per heavy atom. The molecule has 0 saturated carbocycles. The molecule has 0 spiro atoms. The monoisotopic (exact) mass is 276 g/mol. The van der Waals surface area contributed by atoms with Crippen LogP contribution in [0.3, 0.4) is 0 Å². The third-order valence-corrected chi connectivity index (χ3v) is 4.59. The minimum absolute atomic E-state index is 0.148. The predicted octanol–water partition coefficient (Wildman–Crippen LogP) is 3.99. The van der Waals surface area contributed by atoms with Crippen molar-refractivity contribution in [1.29, 1.82) is 0 Å². The van der Waals surface area contributed by atoms with E-state index in [-0.39, 0.29) is 5.75 Å². The average Bonchev–Trinajstić information content (AvgIpc) is 2.43. The van der Waals surface area contributed by atoms with E-state index < -0.39 is 13.7 Å². The van der Waals surface area contributed by atoms with Gasteiger partial charge in [0.25, 0.3) is 0 Å². The van der Waals surface area contributed by atoms with E-state index in [0.29, 0.717) is 12.2 Å². The van der Waals surface area contributed by atoms with E-state index >= 15 is 0 Å². The number of hydrogen-bond acceptors (Lipinski definition) is 3. The van der Waals surface area contributed by atoms with Crippen LogP contribution in [0.2, 0.25) is 0 Å². The van der Waals surface area contributed by atoms with Gasteiger partial charge in [0.15, 0.2) is 0 Å². The summed E-state index contributed by atoms with van der Waals surface area (Å²) < 4.78 is 17.7. The molecule has 0 heterocycles. The lowest BCUT2D eigenvalue weighted by atomic mass is 10.0. The van der Waals surface area contributed by atoms with E-state index in [1.165, 1.54) is 0 Å². The van der Waals surface area contributed by atoms with Gasteiger partial charge in [-0.15, -0.1) is 0 Å². The molecule has 0 saturated heterocycles. The highest BCUT2D eigenvalue weighted by molar-refractivity contribution is 7.40. The number of benzene rings is 2. The molecule has 100 valence electrons. The second-order valence-corrected chi connectivity index (χ2v) is 5.66. The van der Waals surface area contributed by atoms with Crippen LogP contribution in [-0.2, 0) is 9.09 Å². The van der Waals surface area contributed by atoms with Crippen LogP contribution in [0, 0.1) is 0 Å². The molecule has 2 aromatic rings. The van der Waals surface area contributed by atoms with Crippen LogP contribution in [0.4, 0.5) is 0 Å². The number of rotatable bonds is 5. The molecule has 19 heavy (non-hydrogen) atoms. The maximum absolute atomic E-state index is 12.3. The predicted molar refractivity (Wildman–Crippen MR) is 77.0 cm³/mol. The van der Waals surface area contributed by atoms with Gasteiger partial charge in [-0.2, -0.15) is 0 Å². The summed E-state index contributed by atoms with van der Waals surface area (Å²) in [5.74, 6) is 0.148. The molecule has 0 aliphatic heterocycles. The van der Waals surface area contributed by atoms with Gasteiger partial charge >= 0.3 is 0 Å². The van der Waals surface area contributed by atoms with Crippen LogP contribution in [0.1, 0.15) is 23.7 Å². The van der Waals surface area contributed by atoms with Gasteiger partial charge in [-0.05, 0) is 18.6 Å². The van der Waals surface area contributed by atoms with Crippen LogP contribution in [0.15, 0.2) is 54.6 Å². The van der Waals surface area contributed by atoms with E-state index in [0.717, 1.165) is 5.56 Å². The third kappa shape index (κ3) is 3.25. The number of para-hydroxylation sites is 1. The van der Waals surface area contributed by atoms with Crippen molar-refractivity contribution >= 4 is 8.03 Å². The molecule has 2 aromatic carbocycles. The summed E-state index contributed by atoms with van der Waals surface area (Å²) in [6.07, 6.45) is 0. The van der Waals surface area contributed by atoms with Crippen molar-refractivity contribution in [2.24, 2.45) is 0 Å². The molecule has 0 amide bonds. The standard InChI is InChI=1S/C15H17O3P/c1-2-18-19(17)15(12-8-4-3-5-9-12)13-10-6-7-11-14(13)16/h3-11,15-16,19H,2H2,1H3/t15-/m1/s1. The van der Waals surface area contributed by atoms with Gasteiger partial charge in [0, 0.05) is 5.56 Å². The zero-order valence-corrected chi connectivity index (χ0v) is 11.7. The van der Waals surface area contributed by atoms with Crippen LogP contribution in [-0.4, -0.2) is 11.7 Å². The van der Waals surface area contributed by atoms with E-state index in [4.69, 9.17) is 4.52 Å². The second-order valence-electron chi connectivity index (χ2n) is 4.15. The molecule has 1 N–H and O–H groups in total. The summed E-state index contributed by atoms with van der Waals surface area (Å²) in [6.45, 7) is 2.21. The van der Waals surface area contributed by atoms with E-state index in [9.17, 15) is 9.67 Å². The maximum atomic E-state index is 12.3. The van der Waals surface area contributed by atoms with Crippen molar-refractivity contribution in [3.05, 3.63) is 65.7 Å². The molecular weight excluding hydrogens is 259 g/mol. The first-order valence-corrected chi connectivity index (χ1v) is 7.63. The number of hydrogen-bond donors (Lipinski definition) is 1. The molecule has 0 aliphatic rings. The fourth-order valence-electron chi connectivity index (χ4n) is 2.05. The van der Waals surface area contributed by atoms with E-state index in [1.54, 1.807) is 18.2 Å². The maximum Gasteiger partial charge on any atom is 0.203 e. The molecule has 0 radical (unpaired) electrons. The normalized spacial score (nSPS) is 13.9. The number of phenolic OH excluding ortho intramolecular Hbond substituents is 1. The summed E-state index contributed by atoms with van der Waals surface area (Å²) in [7, 11) is -2.32. The Hall–Kier alpha value is -1.57. The quantitative estimate of drug-likeness (QED) is 0.840. The lowest BCUT2D eigenvalue weighted by Gasteiger charge is -2.18. The third-order valence-electron chi connectivity index (χ3n) is 2.90. The Bertz CT molecular complexity index is 554. The summed E-state index contributed by atoms with van der Waals surface area (Å²) >= 11 is 0. The Kier molecular flexibility index (Phi) is 4.78. The molecule has 3 nitrogen and oxygen atoms in total. The van der Waals surface area contributed by atoms with Crippen LogP contribution in [0.25, 0.3) is 0 Å². The fraction of sp³-hybridized carbons (Fsp3) is 0.200. The van der Waals surface area contributed by atoms with Gasteiger partial charge in [0.1, 0.15) is 5.75 Å². The molecule has 2 rings (SSSR count). The highest BCUT2D eigenvalue weighted by Gasteiger charge is 2.23. The molecule has 0 bridgehead atoms. The van der Waals surface area contributed by atoms with Crippen LogP contribution < -0.4 is 0 Å². The zero-order chi connectivity index (χ0) is 13.7. The first kappa shape index (κ1) is 13.9. The lowest BCUT2D eigenvalue weighted by Crippen LogP contribution is -1.98. The Morgan fingerprint density at radius 1 is 1.11 bits per heavy atom. The number of aromatic hydroxyl groups is 1. The molecular formula is C15H17O3P. The van der Waals surface area contributed by atoms with Crippen molar-refractivity contribution in [2.45, 2.75) is 12.6 Å². The summed E-state index contributed by atoms with van der Waals surface area (Å²) in [6, 6.07) is 16.5. The smallest absolute Gasteiger partial charge is 0.203 e. The Balaban J connectivity index is 2.46. The largest absolute Gasteiger partial charge is 0.508 e. The topological polar surface area (TPSA) is 46.5 Å². The van der Waals surface area contributed by atoms with Gasteiger partial charge < -0.3 is 9.63 Å². The SMILES string of the molecule is CCO[P@H](=O)[C@H](c1ccccc1)c1ccccc1O. The van der Waals surface area contributed by atoms with Gasteiger partial charge in [-0.25, -0.2) is 0 Å². The molecule has 0 fully saturated rings. The van der Waals surface area contributed by atoms with Crippen molar-refractivity contribution in [3.63, 3.8) is 0 Å². The first-order chi connectivity index (χ1) is 9.24. The van der Waals surface area contributed by atoms with Gasteiger partial charge in [-0.1, -0.05) is 48.5 Å². The minimum atomic E-state index is -2.32. The van der Waals surface area contributed by atoms with Crippen molar-refractivity contribution < 1.29 is 14.2 Å². The van der Waals surface area contributed by atoms with Crippen molar-refractivity contribution in [1.82, 2.24) is 0 Å².